The molecule has 3 nitrogen and oxygen atoms in total. The van der Waals surface area contributed by atoms with Crippen molar-refractivity contribution < 1.29 is 0 Å². The van der Waals surface area contributed by atoms with Crippen molar-refractivity contribution in [3.8, 4) is 22.4 Å². The van der Waals surface area contributed by atoms with Crippen molar-refractivity contribution in [3.63, 3.8) is 0 Å². The standard InChI is InChI=1S/C19H14BrN3/c1-13-18(15-5-3-2-4-6-15)19-21-12-11-17(23(19)22-13)14-7-9-16(20)10-8-14/h2-12H,1H3. The molecule has 0 radical (unpaired) electrons. The number of hydrogen-bond donors (Lipinski definition) is 0. The summed E-state index contributed by atoms with van der Waals surface area (Å²) in [5.41, 5.74) is 6.24. The zero-order valence-electron chi connectivity index (χ0n) is 12.6. The van der Waals surface area contributed by atoms with Crippen molar-refractivity contribution in [1.82, 2.24) is 14.6 Å². The molecule has 0 fully saturated rings. The monoisotopic (exact) mass is 363 g/mol. The second kappa shape index (κ2) is 5.63. The van der Waals surface area contributed by atoms with Crippen LogP contribution in [0.4, 0.5) is 0 Å². The molecule has 0 bridgehead atoms. The number of fused-ring (bicyclic) bond motifs is 1. The van der Waals surface area contributed by atoms with Crippen LogP contribution in [0.1, 0.15) is 5.69 Å². The molecule has 0 aliphatic carbocycles. The van der Waals surface area contributed by atoms with Crippen molar-refractivity contribution in [2.45, 2.75) is 6.92 Å². The molecule has 0 N–H and O–H groups in total. The molecule has 0 aliphatic rings. The first kappa shape index (κ1) is 14.2. The van der Waals surface area contributed by atoms with Crippen molar-refractivity contribution in [2.24, 2.45) is 0 Å². The van der Waals surface area contributed by atoms with E-state index in [9.17, 15) is 0 Å². The van der Waals surface area contributed by atoms with Crippen LogP contribution in [0.2, 0.25) is 0 Å². The summed E-state index contributed by atoms with van der Waals surface area (Å²) in [6.45, 7) is 2.03. The van der Waals surface area contributed by atoms with Gasteiger partial charge in [-0.25, -0.2) is 9.50 Å². The Morgan fingerprint density at radius 3 is 2.35 bits per heavy atom. The Labute approximate surface area is 142 Å². The predicted octanol–water partition coefficient (Wildman–Crippen LogP) is 5.13. The lowest BCUT2D eigenvalue weighted by Gasteiger charge is -2.05. The maximum Gasteiger partial charge on any atom is 0.163 e. The number of nitrogens with zero attached hydrogens (tertiary/aromatic N) is 3. The summed E-state index contributed by atoms with van der Waals surface area (Å²) in [7, 11) is 0. The van der Waals surface area contributed by atoms with Crippen molar-refractivity contribution >= 4 is 21.6 Å². The van der Waals surface area contributed by atoms with E-state index in [2.05, 4.69) is 45.2 Å². The van der Waals surface area contributed by atoms with E-state index >= 15 is 0 Å². The van der Waals surface area contributed by atoms with E-state index in [1.807, 2.05) is 54.0 Å². The van der Waals surface area contributed by atoms with E-state index in [0.29, 0.717) is 0 Å². The fraction of sp³-hybridized carbons (Fsp3) is 0.0526. The first-order valence-corrected chi connectivity index (χ1v) is 8.19. The van der Waals surface area contributed by atoms with Crippen LogP contribution >= 0.6 is 15.9 Å². The molecule has 0 amide bonds. The Hall–Kier alpha value is -2.46. The zero-order chi connectivity index (χ0) is 15.8. The average Bonchev–Trinajstić information content (AvgIpc) is 2.92. The normalized spacial score (nSPS) is 11.0. The quantitative estimate of drug-likeness (QED) is 0.493. The molecule has 2 aromatic heterocycles. The van der Waals surface area contributed by atoms with E-state index < -0.39 is 0 Å². The van der Waals surface area contributed by atoms with Crippen molar-refractivity contribution in [3.05, 3.63) is 77.0 Å². The number of rotatable bonds is 2. The lowest BCUT2D eigenvalue weighted by molar-refractivity contribution is 0.925. The van der Waals surface area contributed by atoms with Crippen LogP contribution in [0.5, 0.6) is 0 Å². The summed E-state index contributed by atoms with van der Waals surface area (Å²) in [4.78, 5) is 4.57. The van der Waals surface area contributed by atoms with E-state index in [-0.39, 0.29) is 0 Å². The van der Waals surface area contributed by atoms with Gasteiger partial charge in [-0.05, 0) is 30.7 Å². The minimum Gasteiger partial charge on any atom is -0.236 e. The van der Waals surface area contributed by atoms with Crippen LogP contribution in [0.3, 0.4) is 0 Å². The molecule has 2 aromatic carbocycles. The molecule has 0 aliphatic heterocycles. The van der Waals surface area contributed by atoms with Crippen LogP contribution in [0.25, 0.3) is 28.0 Å². The third-order valence-corrected chi connectivity index (χ3v) is 4.42. The topological polar surface area (TPSA) is 30.2 Å². The summed E-state index contributed by atoms with van der Waals surface area (Å²) < 4.78 is 2.99. The van der Waals surface area contributed by atoms with E-state index in [1.165, 1.54) is 0 Å². The van der Waals surface area contributed by atoms with Gasteiger partial charge in [-0.1, -0.05) is 58.4 Å². The third kappa shape index (κ3) is 2.45. The number of hydrogen-bond acceptors (Lipinski definition) is 2. The molecular formula is C19H14BrN3. The molecule has 0 unspecified atom stereocenters. The Kier molecular flexibility index (Phi) is 3.46. The molecule has 2 heterocycles. The molecule has 4 rings (SSSR count). The highest BCUT2D eigenvalue weighted by atomic mass is 79.9. The minimum absolute atomic E-state index is 0.883. The average molecular weight is 364 g/mol. The largest absolute Gasteiger partial charge is 0.236 e. The molecule has 0 saturated heterocycles. The van der Waals surface area contributed by atoms with Gasteiger partial charge in [0.1, 0.15) is 0 Å². The molecule has 112 valence electrons. The second-order valence-corrected chi connectivity index (χ2v) is 6.31. The Bertz CT molecular complexity index is 973. The first-order chi connectivity index (χ1) is 11.2. The van der Waals surface area contributed by atoms with E-state index in [0.717, 1.165) is 38.2 Å². The van der Waals surface area contributed by atoms with Crippen molar-refractivity contribution in [2.75, 3.05) is 0 Å². The second-order valence-electron chi connectivity index (χ2n) is 5.40. The van der Waals surface area contributed by atoms with Gasteiger partial charge in [0, 0.05) is 21.8 Å². The predicted molar refractivity (Wildman–Crippen MR) is 96.3 cm³/mol. The smallest absolute Gasteiger partial charge is 0.163 e. The van der Waals surface area contributed by atoms with Gasteiger partial charge in [-0.3, -0.25) is 0 Å². The van der Waals surface area contributed by atoms with Gasteiger partial charge in [0.2, 0.25) is 0 Å². The molecule has 0 saturated carbocycles. The van der Waals surface area contributed by atoms with Gasteiger partial charge in [0.25, 0.3) is 0 Å². The van der Waals surface area contributed by atoms with Gasteiger partial charge in [0.05, 0.1) is 11.4 Å². The minimum atomic E-state index is 0.883. The summed E-state index contributed by atoms with van der Waals surface area (Å²) in [6, 6.07) is 20.5. The number of aryl methyl sites for hydroxylation is 1. The van der Waals surface area contributed by atoms with Crippen LogP contribution < -0.4 is 0 Å². The van der Waals surface area contributed by atoms with Crippen LogP contribution in [0.15, 0.2) is 71.3 Å². The molecule has 4 heteroatoms. The Morgan fingerprint density at radius 2 is 1.61 bits per heavy atom. The highest BCUT2D eigenvalue weighted by Gasteiger charge is 2.15. The fourth-order valence-corrected chi connectivity index (χ4v) is 3.10. The van der Waals surface area contributed by atoms with Gasteiger partial charge < -0.3 is 0 Å². The molecule has 0 atom stereocenters. The van der Waals surface area contributed by atoms with E-state index in [4.69, 9.17) is 5.10 Å². The van der Waals surface area contributed by atoms with Crippen LogP contribution in [-0.2, 0) is 0 Å². The SMILES string of the molecule is Cc1nn2c(-c3ccc(Br)cc3)ccnc2c1-c1ccccc1. The molecular weight excluding hydrogens is 350 g/mol. The number of benzene rings is 2. The highest BCUT2D eigenvalue weighted by Crippen LogP contribution is 2.30. The van der Waals surface area contributed by atoms with Crippen LogP contribution in [-0.4, -0.2) is 14.6 Å². The first-order valence-electron chi connectivity index (χ1n) is 7.40. The number of aromatic nitrogens is 3. The summed E-state index contributed by atoms with van der Waals surface area (Å²) in [5.74, 6) is 0. The van der Waals surface area contributed by atoms with Gasteiger partial charge in [-0.2, -0.15) is 5.10 Å². The summed E-state index contributed by atoms with van der Waals surface area (Å²) in [5, 5.41) is 4.73. The van der Waals surface area contributed by atoms with Gasteiger partial charge in [-0.15, -0.1) is 0 Å². The van der Waals surface area contributed by atoms with Gasteiger partial charge in [0.15, 0.2) is 5.65 Å². The molecule has 23 heavy (non-hydrogen) atoms. The Balaban J connectivity index is 1.98. The lowest BCUT2D eigenvalue weighted by Crippen LogP contribution is -1.95. The van der Waals surface area contributed by atoms with E-state index in [1.54, 1.807) is 0 Å². The fourth-order valence-electron chi connectivity index (χ4n) is 2.83. The van der Waals surface area contributed by atoms with Crippen molar-refractivity contribution in [1.29, 1.82) is 0 Å². The zero-order valence-corrected chi connectivity index (χ0v) is 14.2. The molecule has 0 spiro atoms. The maximum atomic E-state index is 4.73. The third-order valence-electron chi connectivity index (χ3n) is 3.90. The maximum absolute atomic E-state index is 4.73. The molecule has 4 aromatic rings. The summed E-state index contributed by atoms with van der Waals surface area (Å²) >= 11 is 3.48. The highest BCUT2D eigenvalue weighted by molar-refractivity contribution is 9.10. The van der Waals surface area contributed by atoms with Crippen LogP contribution in [0, 0.1) is 6.92 Å². The number of halogens is 1. The summed E-state index contributed by atoms with van der Waals surface area (Å²) in [6.07, 6.45) is 1.85. The van der Waals surface area contributed by atoms with Gasteiger partial charge >= 0.3 is 0 Å². The lowest BCUT2D eigenvalue weighted by atomic mass is 10.1. The Morgan fingerprint density at radius 1 is 0.870 bits per heavy atom.